The van der Waals surface area contributed by atoms with Gasteiger partial charge in [0.05, 0.1) is 0 Å². The van der Waals surface area contributed by atoms with Crippen LogP contribution in [0.1, 0.15) is 18.2 Å². The molecule has 0 aliphatic heterocycles. The van der Waals surface area contributed by atoms with Crippen LogP contribution < -0.4 is 11.1 Å². The first-order chi connectivity index (χ1) is 9.06. The van der Waals surface area contributed by atoms with E-state index in [1.165, 1.54) is 17.3 Å². The van der Waals surface area contributed by atoms with Gasteiger partial charge in [0.1, 0.15) is 15.9 Å². The van der Waals surface area contributed by atoms with Gasteiger partial charge in [0.25, 0.3) is 0 Å². The van der Waals surface area contributed by atoms with E-state index in [4.69, 9.17) is 5.73 Å². The molecule has 0 unspecified atom stereocenters. The van der Waals surface area contributed by atoms with E-state index in [0.29, 0.717) is 0 Å². The standard InChI is InChI=1S/C13H17N5S/c1-4-15-10-7-12(18-13(14)17-10)19-11-6-8(2)5-9(3)16-11/h5-7H,4H2,1-3H3,(H3,14,15,17,18). The lowest BCUT2D eigenvalue weighted by atomic mass is 10.3. The van der Waals surface area contributed by atoms with Crippen molar-refractivity contribution >= 4 is 23.5 Å². The Labute approximate surface area is 117 Å². The van der Waals surface area contributed by atoms with E-state index in [2.05, 4.69) is 27.2 Å². The summed E-state index contributed by atoms with van der Waals surface area (Å²) in [5.74, 6) is 1.01. The van der Waals surface area contributed by atoms with E-state index in [-0.39, 0.29) is 5.95 Å². The minimum absolute atomic E-state index is 0.269. The number of hydrogen-bond donors (Lipinski definition) is 2. The second kappa shape index (κ2) is 5.88. The molecular weight excluding hydrogens is 258 g/mol. The molecule has 5 nitrogen and oxygen atoms in total. The van der Waals surface area contributed by atoms with Crippen LogP contribution in [0.3, 0.4) is 0 Å². The average molecular weight is 275 g/mol. The maximum atomic E-state index is 5.71. The van der Waals surface area contributed by atoms with E-state index in [1.54, 1.807) is 0 Å². The topological polar surface area (TPSA) is 76.7 Å². The zero-order chi connectivity index (χ0) is 13.8. The highest BCUT2D eigenvalue weighted by atomic mass is 32.2. The molecule has 0 aromatic carbocycles. The first-order valence-corrected chi connectivity index (χ1v) is 6.90. The number of hydrogen-bond acceptors (Lipinski definition) is 6. The highest BCUT2D eigenvalue weighted by Crippen LogP contribution is 2.27. The number of anilines is 2. The monoisotopic (exact) mass is 275 g/mol. The maximum absolute atomic E-state index is 5.71. The molecule has 0 radical (unpaired) electrons. The summed E-state index contributed by atoms with van der Waals surface area (Å²) in [6.45, 7) is 6.84. The summed E-state index contributed by atoms with van der Waals surface area (Å²) in [5, 5.41) is 4.84. The molecule has 100 valence electrons. The van der Waals surface area contributed by atoms with Crippen molar-refractivity contribution in [1.82, 2.24) is 15.0 Å². The summed E-state index contributed by atoms with van der Waals surface area (Å²) < 4.78 is 0. The van der Waals surface area contributed by atoms with E-state index >= 15 is 0 Å². The summed E-state index contributed by atoms with van der Waals surface area (Å²) in [7, 11) is 0. The van der Waals surface area contributed by atoms with Crippen LogP contribution in [-0.4, -0.2) is 21.5 Å². The molecule has 0 spiro atoms. The average Bonchev–Trinajstić information content (AvgIpc) is 2.26. The molecule has 2 rings (SSSR count). The number of aryl methyl sites for hydroxylation is 2. The third-order valence-electron chi connectivity index (χ3n) is 2.36. The van der Waals surface area contributed by atoms with Crippen molar-refractivity contribution < 1.29 is 0 Å². The second-order valence-electron chi connectivity index (χ2n) is 4.21. The number of nitrogens with one attached hydrogen (secondary N) is 1. The van der Waals surface area contributed by atoms with Crippen molar-refractivity contribution in [3.8, 4) is 0 Å². The van der Waals surface area contributed by atoms with Crippen LogP contribution in [0.25, 0.3) is 0 Å². The van der Waals surface area contributed by atoms with Crippen LogP contribution in [0.2, 0.25) is 0 Å². The normalized spacial score (nSPS) is 10.5. The molecule has 0 aliphatic rings. The molecule has 0 amide bonds. The summed E-state index contributed by atoms with van der Waals surface area (Å²) in [4.78, 5) is 12.8. The highest BCUT2D eigenvalue weighted by Gasteiger charge is 2.06. The van der Waals surface area contributed by atoms with Crippen LogP contribution in [0, 0.1) is 13.8 Å². The fourth-order valence-electron chi connectivity index (χ4n) is 1.73. The van der Waals surface area contributed by atoms with Crippen LogP contribution in [-0.2, 0) is 0 Å². The Morgan fingerprint density at radius 3 is 2.53 bits per heavy atom. The van der Waals surface area contributed by atoms with Gasteiger partial charge in [-0.25, -0.2) is 9.97 Å². The van der Waals surface area contributed by atoms with Gasteiger partial charge in [-0.2, -0.15) is 4.98 Å². The van der Waals surface area contributed by atoms with Gasteiger partial charge in [0.2, 0.25) is 5.95 Å². The Hall–Kier alpha value is -1.82. The largest absolute Gasteiger partial charge is 0.370 e. The quantitative estimate of drug-likeness (QED) is 0.835. The van der Waals surface area contributed by atoms with Gasteiger partial charge >= 0.3 is 0 Å². The number of pyridine rings is 1. The molecule has 2 aromatic heterocycles. The molecule has 0 saturated heterocycles. The molecule has 2 heterocycles. The molecule has 6 heteroatoms. The SMILES string of the molecule is CCNc1cc(Sc2cc(C)cc(C)n2)nc(N)n1. The number of nitrogens with zero attached hydrogens (tertiary/aromatic N) is 3. The van der Waals surface area contributed by atoms with Crippen molar-refractivity contribution in [3.05, 3.63) is 29.5 Å². The molecule has 0 bridgehead atoms. The van der Waals surface area contributed by atoms with E-state index in [1.807, 2.05) is 32.0 Å². The number of rotatable bonds is 4. The molecule has 0 fully saturated rings. The fraction of sp³-hybridized carbons (Fsp3) is 0.308. The van der Waals surface area contributed by atoms with Crippen molar-refractivity contribution in [2.75, 3.05) is 17.6 Å². The molecule has 0 aliphatic carbocycles. The Kier molecular flexibility index (Phi) is 4.21. The highest BCUT2D eigenvalue weighted by molar-refractivity contribution is 7.99. The smallest absolute Gasteiger partial charge is 0.223 e. The third kappa shape index (κ3) is 3.82. The van der Waals surface area contributed by atoms with Crippen LogP contribution in [0.15, 0.2) is 28.3 Å². The van der Waals surface area contributed by atoms with E-state index in [0.717, 1.165) is 28.1 Å². The Balaban J connectivity index is 2.27. The zero-order valence-corrected chi connectivity index (χ0v) is 12.1. The zero-order valence-electron chi connectivity index (χ0n) is 11.3. The first-order valence-electron chi connectivity index (χ1n) is 6.08. The predicted molar refractivity (Wildman–Crippen MR) is 78.4 cm³/mol. The summed E-state index contributed by atoms with van der Waals surface area (Å²) in [6, 6.07) is 5.95. The van der Waals surface area contributed by atoms with E-state index in [9.17, 15) is 0 Å². The number of nitrogens with two attached hydrogens (primary N) is 1. The van der Waals surface area contributed by atoms with Crippen molar-refractivity contribution in [1.29, 1.82) is 0 Å². The lowest BCUT2D eigenvalue weighted by Crippen LogP contribution is -2.04. The molecule has 2 aromatic rings. The number of aromatic nitrogens is 3. The second-order valence-corrected chi connectivity index (χ2v) is 5.25. The first kappa shape index (κ1) is 13.6. The van der Waals surface area contributed by atoms with Crippen molar-refractivity contribution in [2.45, 2.75) is 30.8 Å². The minimum Gasteiger partial charge on any atom is -0.370 e. The van der Waals surface area contributed by atoms with Gasteiger partial charge in [-0.1, -0.05) is 0 Å². The minimum atomic E-state index is 0.269. The summed E-state index contributed by atoms with van der Waals surface area (Å²) in [5.41, 5.74) is 7.89. The van der Waals surface area contributed by atoms with Gasteiger partial charge in [-0.15, -0.1) is 0 Å². The van der Waals surface area contributed by atoms with Gasteiger partial charge < -0.3 is 11.1 Å². The fourth-order valence-corrected chi connectivity index (χ4v) is 2.69. The molecule has 0 saturated carbocycles. The van der Waals surface area contributed by atoms with Gasteiger partial charge in [0, 0.05) is 18.3 Å². The third-order valence-corrected chi connectivity index (χ3v) is 3.20. The molecule has 0 atom stereocenters. The van der Waals surface area contributed by atoms with Crippen molar-refractivity contribution in [2.24, 2.45) is 0 Å². The van der Waals surface area contributed by atoms with Gasteiger partial charge in [-0.3, -0.25) is 0 Å². The van der Waals surface area contributed by atoms with Crippen LogP contribution in [0.4, 0.5) is 11.8 Å². The Morgan fingerprint density at radius 1 is 1.11 bits per heavy atom. The lowest BCUT2D eigenvalue weighted by molar-refractivity contribution is 1.02. The maximum Gasteiger partial charge on any atom is 0.223 e. The van der Waals surface area contributed by atoms with Gasteiger partial charge in [-0.05, 0) is 50.2 Å². The van der Waals surface area contributed by atoms with Gasteiger partial charge in [0.15, 0.2) is 0 Å². The van der Waals surface area contributed by atoms with Crippen LogP contribution in [0.5, 0.6) is 0 Å². The Morgan fingerprint density at radius 2 is 1.84 bits per heavy atom. The summed E-state index contributed by atoms with van der Waals surface area (Å²) >= 11 is 1.49. The van der Waals surface area contributed by atoms with E-state index < -0.39 is 0 Å². The molecule has 19 heavy (non-hydrogen) atoms. The number of nitrogen functional groups attached to an aromatic ring is 1. The Bertz CT molecular complexity index is 565. The lowest BCUT2D eigenvalue weighted by Gasteiger charge is -2.07. The van der Waals surface area contributed by atoms with Crippen molar-refractivity contribution in [3.63, 3.8) is 0 Å². The van der Waals surface area contributed by atoms with Crippen LogP contribution >= 0.6 is 11.8 Å². The molecular formula is C13H17N5S. The molecule has 3 N–H and O–H groups in total. The summed E-state index contributed by atoms with van der Waals surface area (Å²) in [6.07, 6.45) is 0. The predicted octanol–water partition coefficient (Wildman–Crippen LogP) is 2.65.